The summed E-state index contributed by atoms with van der Waals surface area (Å²) >= 11 is 0. The summed E-state index contributed by atoms with van der Waals surface area (Å²) in [4.78, 5) is 11.5. The quantitative estimate of drug-likeness (QED) is 0.684. The number of H-pyrrole nitrogens is 1. The fourth-order valence-corrected chi connectivity index (χ4v) is 2.24. The summed E-state index contributed by atoms with van der Waals surface area (Å²) in [7, 11) is 0. The lowest BCUT2D eigenvalue weighted by molar-refractivity contribution is 0.0994. The highest BCUT2D eigenvalue weighted by atomic mass is 16.1. The first kappa shape index (κ1) is 7.74. The highest BCUT2D eigenvalue weighted by Gasteiger charge is 2.22. The molecule has 0 amide bonds. The van der Waals surface area contributed by atoms with Crippen molar-refractivity contribution in [2.45, 2.75) is 19.8 Å². The lowest BCUT2D eigenvalue weighted by Crippen LogP contribution is -1.90. The highest BCUT2D eigenvalue weighted by Crippen LogP contribution is 2.30. The molecule has 1 aliphatic carbocycles. The average Bonchev–Trinajstić information content (AvgIpc) is 2.72. The van der Waals surface area contributed by atoms with Gasteiger partial charge < -0.3 is 0 Å². The highest BCUT2D eigenvalue weighted by molar-refractivity contribution is 6.05. The normalized spacial score (nSPS) is 15.1. The monoisotopic (exact) mass is 186 g/mol. The molecule has 0 spiro atoms. The van der Waals surface area contributed by atoms with Crippen LogP contribution in [0.3, 0.4) is 0 Å². The molecule has 0 saturated carbocycles. The van der Waals surface area contributed by atoms with Crippen LogP contribution in [0.5, 0.6) is 0 Å². The smallest absolute Gasteiger partial charge is 0.163 e. The molecule has 2 aromatic rings. The topological polar surface area (TPSA) is 45.8 Å². The first-order chi connectivity index (χ1) is 6.77. The molecule has 3 nitrogen and oxygen atoms in total. The molecule has 1 heterocycles. The van der Waals surface area contributed by atoms with Crippen LogP contribution in [0.4, 0.5) is 0 Å². The molecule has 3 heteroatoms. The van der Waals surface area contributed by atoms with Crippen molar-refractivity contribution >= 4 is 16.7 Å². The molecule has 1 aliphatic rings. The lowest BCUT2D eigenvalue weighted by Gasteiger charge is -1.99. The molecule has 70 valence electrons. The number of aryl methyl sites for hydroxylation is 2. The van der Waals surface area contributed by atoms with Crippen LogP contribution >= 0.6 is 0 Å². The standard InChI is InChI=1S/C11H10N2O/c1-6-11-8-3-5-10(14)7(8)2-4-9(11)13-12-6/h2,4H,3,5H2,1H3,(H,12,13). The number of benzene rings is 1. The van der Waals surface area contributed by atoms with Crippen molar-refractivity contribution in [1.82, 2.24) is 10.2 Å². The molecule has 0 radical (unpaired) electrons. The third kappa shape index (κ3) is 0.816. The zero-order valence-electron chi connectivity index (χ0n) is 7.92. The second kappa shape index (κ2) is 2.44. The minimum atomic E-state index is 0.266. The van der Waals surface area contributed by atoms with Crippen LogP contribution in [0.1, 0.15) is 28.0 Å². The van der Waals surface area contributed by atoms with Crippen molar-refractivity contribution in [2.75, 3.05) is 0 Å². The Morgan fingerprint density at radius 3 is 3.07 bits per heavy atom. The number of carbonyl (C=O) groups is 1. The predicted molar refractivity (Wildman–Crippen MR) is 53.5 cm³/mol. The van der Waals surface area contributed by atoms with Crippen LogP contribution in [-0.4, -0.2) is 16.0 Å². The van der Waals surface area contributed by atoms with Crippen molar-refractivity contribution in [3.63, 3.8) is 0 Å². The summed E-state index contributed by atoms with van der Waals surface area (Å²) < 4.78 is 0. The van der Waals surface area contributed by atoms with Gasteiger partial charge >= 0.3 is 0 Å². The van der Waals surface area contributed by atoms with Gasteiger partial charge in [-0.15, -0.1) is 0 Å². The van der Waals surface area contributed by atoms with E-state index in [1.807, 2.05) is 19.1 Å². The molecule has 1 aromatic heterocycles. The van der Waals surface area contributed by atoms with Gasteiger partial charge in [-0.2, -0.15) is 5.10 Å². The Labute approximate surface area is 81.1 Å². The maximum Gasteiger partial charge on any atom is 0.163 e. The fourth-order valence-electron chi connectivity index (χ4n) is 2.24. The summed E-state index contributed by atoms with van der Waals surface area (Å²) in [5.41, 5.74) is 4.10. The van der Waals surface area contributed by atoms with Crippen LogP contribution in [0.2, 0.25) is 0 Å². The van der Waals surface area contributed by atoms with Crippen molar-refractivity contribution in [3.8, 4) is 0 Å². The molecule has 0 atom stereocenters. The van der Waals surface area contributed by atoms with Gasteiger partial charge in [0.2, 0.25) is 0 Å². The fraction of sp³-hybridized carbons (Fsp3) is 0.273. The number of fused-ring (bicyclic) bond motifs is 3. The maximum absolute atomic E-state index is 11.5. The molecule has 0 saturated heterocycles. The van der Waals surface area contributed by atoms with E-state index in [1.165, 1.54) is 5.56 Å². The second-order valence-corrected chi connectivity index (χ2v) is 3.76. The van der Waals surface area contributed by atoms with E-state index >= 15 is 0 Å². The van der Waals surface area contributed by atoms with E-state index in [0.29, 0.717) is 6.42 Å². The van der Waals surface area contributed by atoms with Crippen LogP contribution in [0.25, 0.3) is 10.9 Å². The minimum Gasteiger partial charge on any atom is -0.294 e. The van der Waals surface area contributed by atoms with Gasteiger partial charge in [0, 0.05) is 23.1 Å². The number of aromatic nitrogens is 2. The third-order valence-corrected chi connectivity index (χ3v) is 2.91. The number of hydrogen-bond acceptors (Lipinski definition) is 2. The Hall–Kier alpha value is -1.64. The van der Waals surface area contributed by atoms with E-state index in [9.17, 15) is 4.79 Å². The third-order valence-electron chi connectivity index (χ3n) is 2.91. The van der Waals surface area contributed by atoms with Gasteiger partial charge in [-0.1, -0.05) is 0 Å². The lowest BCUT2D eigenvalue weighted by atomic mass is 10.0. The van der Waals surface area contributed by atoms with Gasteiger partial charge in [-0.3, -0.25) is 9.89 Å². The molecule has 1 aromatic carbocycles. The largest absolute Gasteiger partial charge is 0.294 e. The van der Waals surface area contributed by atoms with E-state index < -0.39 is 0 Å². The first-order valence-corrected chi connectivity index (χ1v) is 4.77. The molecule has 0 aliphatic heterocycles. The van der Waals surface area contributed by atoms with E-state index in [2.05, 4.69) is 10.2 Å². The van der Waals surface area contributed by atoms with Crippen molar-refractivity contribution < 1.29 is 4.79 Å². The average molecular weight is 186 g/mol. The summed E-state index contributed by atoms with van der Waals surface area (Å²) in [5, 5.41) is 8.29. The van der Waals surface area contributed by atoms with Crippen LogP contribution in [-0.2, 0) is 6.42 Å². The van der Waals surface area contributed by atoms with Gasteiger partial charge in [0.15, 0.2) is 5.78 Å². The molecule has 1 N–H and O–H groups in total. The van der Waals surface area contributed by atoms with E-state index in [4.69, 9.17) is 0 Å². The number of aromatic amines is 1. The molecule has 14 heavy (non-hydrogen) atoms. The van der Waals surface area contributed by atoms with E-state index in [1.54, 1.807) is 0 Å². The zero-order valence-corrected chi connectivity index (χ0v) is 7.92. The summed E-state index contributed by atoms with van der Waals surface area (Å²) in [5.74, 6) is 0.266. The zero-order chi connectivity index (χ0) is 9.71. The van der Waals surface area contributed by atoms with Gasteiger partial charge in [-0.25, -0.2) is 0 Å². The Balaban J connectivity index is 2.47. The van der Waals surface area contributed by atoms with Gasteiger partial charge in [0.05, 0.1) is 5.52 Å². The van der Waals surface area contributed by atoms with Crippen molar-refractivity contribution in [3.05, 3.63) is 29.0 Å². The van der Waals surface area contributed by atoms with E-state index in [0.717, 1.165) is 28.6 Å². The number of nitrogens with one attached hydrogen (secondary N) is 1. The van der Waals surface area contributed by atoms with E-state index in [-0.39, 0.29) is 5.78 Å². The Kier molecular flexibility index (Phi) is 1.35. The molecule has 0 bridgehead atoms. The van der Waals surface area contributed by atoms with Crippen molar-refractivity contribution in [1.29, 1.82) is 0 Å². The summed E-state index contributed by atoms with van der Waals surface area (Å²) in [6, 6.07) is 3.81. The van der Waals surface area contributed by atoms with Crippen LogP contribution in [0, 0.1) is 6.92 Å². The minimum absolute atomic E-state index is 0.266. The molecule has 0 fully saturated rings. The van der Waals surface area contributed by atoms with Gasteiger partial charge in [0.25, 0.3) is 0 Å². The number of ketones is 1. The van der Waals surface area contributed by atoms with Gasteiger partial charge in [0.1, 0.15) is 0 Å². The number of hydrogen-bond donors (Lipinski definition) is 1. The SMILES string of the molecule is Cc1[nH]nc2ccc3c(c12)CCC3=O. The Morgan fingerprint density at radius 2 is 2.21 bits per heavy atom. The maximum atomic E-state index is 11.5. The van der Waals surface area contributed by atoms with Crippen molar-refractivity contribution in [2.24, 2.45) is 0 Å². The predicted octanol–water partition coefficient (Wildman–Crippen LogP) is 2.00. The summed E-state index contributed by atoms with van der Waals surface area (Å²) in [6.07, 6.45) is 1.52. The number of rotatable bonds is 0. The Morgan fingerprint density at radius 1 is 1.36 bits per heavy atom. The molecular weight excluding hydrogens is 176 g/mol. The second-order valence-electron chi connectivity index (χ2n) is 3.76. The van der Waals surface area contributed by atoms with Crippen LogP contribution in [0.15, 0.2) is 12.1 Å². The first-order valence-electron chi connectivity index (χ1n) is 4.77. The Bertz CT molecular complexity index is 539. The van der Waals surface area contributed by atoms with Crippen LogP contribution < -0.4 is 0 Å². The number of Topliss-reactive ketones (excluding diaryl/α,β-unsaturated/α-hetero) is 1. The molecule has 3 rings (SSSR count). The molecule has 0 unspecified atom stereocenters. The number of carbonyl (C=O) groups excluding carboxylic acids is 1. The molecular formula is C11H10N2O. The summed E-state index contributed by atoms with van der Waals surface area (Å²) in [6.45, 7) is 2.00. The van der Waals surface area contributed by atoms with Gasteiger partial charge in [-0.05, 0) is 31.0 Å². The number of nitrogens with zero attached hydrogens (tertiary/aromatic N) is 1.